The highest BCUT2D eigenvalue weighted by Gasteiger charge is 2.26. The second-order valence-corrected chi connectivity index (χ2v) is 7.36. The van der Waals surface area contributed by atoms with Gasteiger partial charge < -0.3 is 15.1 Å². The van der Waals surface area contributed by atoms with E-state index in [1.54, 1.807) is 0 Å². The van der Waals surface area contributed by atoms with Gasteiger partial charge in [-0.1, -0.05) is 18.3 Å². The topological polar surface area (TPSA) is 31.4 Å². The molecular weight excluding hydrogens is 280 g/mol. The molecule has 1 unspecified atom stereocenters. The third-order valence-corrected chi connectivity index (χ3v) is 5.84. The molecule has 5 heteroatoms. The molecule has 3 rings (SSSR count). The van der Waals surface area contributed by atoms with Crippen molar-refractivity contribution >= 4 is 16.5 Å². The van der Waals surface area contributed by atoms with Gasteiger partial charge in [0, 0.05) is 30.6 Å². The number of thiazole rings is 1. The van der Waals surface area contributed by atoms with Crippen molar-refractivity contribution in [3.63, 3.8) is 0 Å². The molecular formula is C16H28N4S. The van der Waals surface area contributed by atoms with Crippen molar-refractivity contribution in [3.8, 4) is 0 Å². The van der Waals surface area contributed by atoms with Gasteiger partial charge in [-0.3, -0.25) is 0 Å². The Bertz CT molecular complexity index is 459. The first-order valence-electron chi connectivity index (χ1n) is 8.44. The second-order valence-electron chi connectivity index (χ2n) is 6.35. The van der Waals surface area contributed by atoms with Crippen LogP contribution in [0.2, 0.25) is 0 Å². The fourth-order valence-corrected chi connectivity index (χ4v) is 4.57. The summed E-state index contributed by atoms with van der Waals surface area (Å²) in [5.74, 6) is 0. The standard InChI is InChI=1S/C16H28N4S/c1-3-8-17-13-6-4-7-14-15(13)21-16(18-14)20-10-5-9-19(2)11-12-20/h13,17H,3-12H2,1-2H3. The summed E-state index contributed by atoms with van der Waals surface area (Å²) >= 11 is 1.94. The summed E-state index contributed by atoms with van der Waals surface area (Å²) in [6.45, 7) is 8.00. The summed E-state index contributed by atoms with van der Waals surface area (Å²) in [5, 5.41) is 4.97. The molecule has 1 N–H and O–H groups in total. The molecule has 118 valence electrons. The van der Waals surface area contributed by atoms with Gasteiger partial charge in [-0.2, -0.15) is 0 Å². The Balaban J connectivity index is 1.74. The molecule has 1 aromatic rings. The molecule has 0 aromatic carbocycles. The van der Waals surface area contributed by atoms with Crippen LogP contribution in [0, 0.1) is 0 Å². The SMILES string of the molecule is CCCNC1CCCc2nc(N3CCCN(C)CC3)sc21. The highest BCUT2D eigenvalue weighted by Crippen LogP contribution is 2.37. The molecule has 0 spiro atoms. The van der Waals surface area contributed by atoms with Crippen LogP contribution in [-0.2, 0) is 6.42 Å². The summed E-state index contributed by atoms with van der Waals surface area (Å²) in [6.07, 6.45) is 6.18. The van der Waals surface area contributed by atoms with Crippen LogP contribution in [0.1, 0.15) is 49.2 Å². The van der Waals surface area contributed by atoms with Crippen molar-refractivity contribution in [2.75, 3.05) is 44.7 Å². The zero-order chi connectivity index (χ0) is 14.7. The molecule has 1 saturated heterocycles. The number of aryl methyl sites for hydroxylation is 1. The summed E-state index contributed by atoms with van der Waals surface area (Å²) in [6, 6.07) is 0.551. The van der Waals surface area contributed by atoms with E-state index in [1.165, 1.54) is 54.4 Å². The molecule has 4 nitrogen and oxygen atoms in total. The van der Waals surface area contributed by atoms with E-state index in [-0.39, 0.29) is 0 Å². The van der Waals surface area contributed by atoms with Crippen LogP contribution in [0.4, 0.5) is 5.13 Å². The zero-order valence-electron chi connectivity index (χ0n) is 13.4. The number of anilines is 1. The number of fused-ring (bicyclic) bond motifs is 1. The average molecular weight is 308 g/mol. The molecule has 0 amide bonds. The van der Waals surface area contributed by atoms with Crippen LogP contribution >= 0.6 is 11.3 Å². The molecule has 1 fully saturated rings. The van der Waals surface area contributed by atoms with Gasteiger partial charge in [0.2, 0.25) is 0 Å². The molecule has 0 bridgehead atoms. The number of nitrogens with one attached hydrogen (secondary N) is 1. The molecule has 2 aliphatic rings. The summed E-state index contributed by atoms with van der Waals surface area (Å²) < 4.78 is 0. The van der Waals surface area contributed by atoms with Gasteiger partial charge in [0.05, 0.1) is 5.69 Å². The van der Waals surface area contributed by atoms with Crippen LogP contribution in [-0.4, -0.2) is 49.7 Å². The average Bonchev–Trinajstić information content (AvgIpc) is 2.81. The minimum Gasteiger partial charge on any atom is -0.347 e. The van der Waals surface area contributed by atoms with Crippen molar-refractivity contribution in [1.29, 1.82) is 0 Å². The molecule has 0 radical (unpaired) electrons. The van der Waals surface area contributed by atoms with Gasteiger partial charge in [0.25, 0.3) is 0 Å². The van der Waals surface area contributed by atoms with E-state index in [9.17, 15) is 0 Å². The van der Waals surface area contributed by atoms with Crippen LogP contribution in [0.5, 0.6) is 0 Å². The molecule has 1 aromatic heterocycles. The smallest absolute Gasteiger partial charge is 0.185 e. The lowest BCUT2D eigenvalue weighted by Gasteiger charge is -2.22. The first-order valence-corrected chi connectivity index (χ1v) is 9.26. The molecule has 2 heterocycles. The Morgan fingerprint density at radius 1 is 1.24 bits per heavy atom. The van der Waals surface area contributed by atoms with E-state index in [4.69, 9.17) is 4.98 Å². The lowest BCUT2D eigenvalue weighted by molar-refractivity contribution is 0.360. The summed E-state index contributed by atoms with van der Waals surface area (Å²) in [4.78, 5) is 11.4. The van der Waals surface area contributed by atoms with Gasteiger partial charge in [-0.25, -0.2) is 4.98 Å². The minimum absolute atomic E-state index is 0.551. The third kappa shape index (κ3) is 3.58. The lowest BCUT2D eigenvalue weighted by atomic mass is 9.98. The van der Waals surface area contributed by atoms with Crippen LogP contribution in [0.25, 0.3) is 0 Å². The fourth-order valence-electron chi connectivity index (χ4n) is 3.29. The van der Waals surface area contributed by atoms with Crippen molar-refractivity contribution in [2.45, 2.75) is 45.1 Å². The minimum atomic E-state index is 0.551. The maximum atomic E-state index is 4.99. The van der Waals surface area contributed by atoms with Gasteiger partial charge in [0.1, 0.15) is 0 Å². The second kappa shape index (κ2) is 7.07. The van der Waals surface area contributed by atoms with Gasteiger partial charge in [-0.15, -0.1) is 0 Å². The third-order valence-electron chi connectivity index (χ3n) is 4.57. The highest BCUT2D eigenvalue weighted by molar-refractivity contribution is 7.15. The van der Waals surface area contributed by atoms with E-state index < -0.39 is 0 Å². The quantitative estimate of drug-likeness (QED) is 0.926. The van der Waals surface area contributed by atoms with Gasteiger partial charge in [0.15, 0.2) is 5.13 Å². The van der Waals surface area contributed by atoms with Crippen LogP contribution in [0.3, 0.4) is 0 Å². The largest absolute Gasteiger partial charge is 0.347 e. The molecule has 21 heavy (non-hydrogen) atoms. The summed E-state index contributed by atoms with van der Waals surface area (Å²) in [7, 11) is 2.22. The molecule has 1 atom stereocenters. The van der Waals surface area contributed by atoms with Crippen LogP contribution in [0.15, 0.2) is 0 Å². The van der Waals surface area contributed by atoms with Crippen molar-refractivity contribution in [2.24, 2.45) is 0 Å². The predicted octanol–water partition coefficient (Wildman–Crippen LogP) is 2.66. The molecule has 0 saturated carbocycles. The first kappa shape index (κ1) is 15.3. The zero-order valence-corrected chi connectivity index (χ0v) is 14.2. The Morgan fingerprint density at radius 2 is 2.14 bits per heavy atom. The highest BCUT2D eigenvalue weighted by atomic mass is 32.1. The number of hydrogen-bond donors (Lipinski definition) is 1. The lowest BCUT2D eigenvalue weighted by Crippen LogP contribution is -2.28. The Morgan fingerprint density at radius 3 is 3.00 bits per heavy atom. The van der Waals surface area contributed by atoms with E-state index >= 15 is 0 Å². The normalized spacial score (nSPS) is 23.9. The van der Waals surface area contributed by atoms with Gasteiger partial charge >= 0.3 is 0 Å². The summed E-state index contributed by atoms with van der Waals surface area (Å²) in [5.41, 5.74) is 1.37. The van der Waals surface area contributed by atoms with E-state index in [1.807, 2.05) is 11.3 Å². The number of rotatable bonds is 4. The number of likely N-dealkylation sites (N-methyl/N-ethyl adjacent to an activating group) is 1. The van der Waals surface area contributed by atoms with Crippen molar-refractivity contribution in [3.05, 3.63) is 10.6 Å². The fraction of sp³-hybridized carbons (Fsp3) is 0.812. The van der Waals surface area contributed by atoms with Crippen molar-refractivity contribution in [1.82, 2.24) is 15.2 Å². The van der Waals surface area contributed by atoms with E-state index in [2.05, 4.69) is 29.1 Å². The van der Waals surface area contributed by atoms with E-state index in [0.717, 1.165) is 26.2 Å². The number of hydrogen-bond acceptors (Lipinski definition) is 5. The Labute approximate surface area is 132 Å². The maximum absolute atomic E-state index is 4.99. The molecule has 1 aliphatic carbocycles. The van der Waals surface area contributed by atoms with Crippen molar-refractivity contribution < 1.29 is 0 Å². The van der Waals surface area contributed by atoms with Crippen LogP contribution < -0.4 is 10.2 Å². The molecule has 1 aliphatic heterocycles. The Hall–Kier alpha value is -0.650. The predicted molar refractivity (Wildman–Crippen MR) is 90.4 cm³/mol. The number of nitrogens with zero attached hydrogens (tertiary/aromatic N) is 3. The monoisotopic (exact) mass is 308 g/mol. The Kier molecular flexibility index (Phi) is 5.14. The van der Waals surface area contributed by atoms with E-state index in [0.29, 0.717) is 6.04 Å². The maximum Gasteiger partial charge on any atom is 0.185 e. The first-order chi connectivity index (χ1) is 10.3. The number of aromatic nitrogens is 1. The van der Waals surface area contributed by atoms with Gasteiger partial charge in [-0.05, 0) is 52.2 Å².